The highest BCUT2D eigenvalue weighted by Gasteiger charge is 2.09. The Hall–Kier alpha value is -1.19. The predicted molar refractivity (Wildman–Crippen MR) is 83.1 cm³/mol. The molecule has 0 aliphatic carbocycles. The van der Waals surface area contributed by atoms with E-state index in [1.807, 2.05) is 48.5 Å². The van der Waals surface area contributed by atoms with Crippen molar-refractivity contribution in [1.29, 1.82) is 0 Å². The number of benzene rings is 2. The lowest BCUT2D eigenvalue weighted by Crippen LogP contribution is -1.97. The molecule has 0 saturated heterocycles. The maximum Gasteiger partial charge on any atom is 0.194 e. The predicted octanol–water partition coefficient (Wildman–Crippen LogP) is 4.88. The van der Waals surface area contributed by atoms with Crippen molar-refractivity contribution in [3.63, 3.8) is 0 Å². The molecule has 0 fully saturated rings. The van der Waals surface area contributed by atoms with Crippen LogP contribution in [0.25, 0.3) is 21.5 Å². The molecule has 0 aliphatic heterocycles. The molecule has 0 bridgehead atoms. The summed E-state index contributed by atoms with van der Waals surface area (Å²) < 4.78 is 1.83. The normalized spacial score (nSPS) is 11.0. The lowest BCUT2D eigenvalue weighted by atomic mass is 10.1. The number of hydrogen-bond donors (Lipinski definition) is 0. The third kappa shape index (κ3) is 1.70. The summed E-state index contributed by atoms with van der Waals surface area (Å²) in [6.07, 6.45) is 0. The van der Waals surface area contributed by atoms with Crippen molar-refractivity contribution in [2.45, 2.75) is 0 Å². The zero-order valence-electron chi connectivity index (χ0n) is 9.28. The molecule has 0 spiro atoms. The van der Waals surface area contributed by atoms with Crippen LogP contribution in [0.2, 0.25) is 0 Å². The number of halogens is 2. The Morgan fingerprint density at radius 3 is 1.33 bits per heavy atom. The Balaban J connectivity index is 2.79. The second-order valence-corrected chi connectivity index (χ2v) is 5.63. The minimum atomic E-state index is 0.0626. The first-order valence-corrected chi connectivity index (χ1v) is 7.07. The maximum absolute atomic E-state index is 12.6. The van der Waals surface area contributed by atoms with Crippen LogP contribution in [0.5, 0.6) is 0 Å². The molecule has 0 saturated carbocycles. The first-order chi connectivity index (χ1) is 8.70. The molecule has 0 unspecified atom stereocenters. The summed E-state index contributed by atoms with van der Waals surface area (Å²) in [7, 11) is 0. The first-order valence-electron chi connectivity index (χ1n) is 5.49. The fourth-order valence-corrected chi connectivity index (χ4v) is 3.25. The standard InChI is InChI=1S/C15H8Br2O/c16-13-9-5-1-3-7-11(9)15(18)12-8-4-2-6-10(12)14(13)17/h1-8H. The summed E-state index contributed by atoms with van der Waals surface area (Å²) in [4.78, 5) is 12.6. The van der Waals surface area contributed by atoms with E-state index < -0.39 is 0 Å². The minimum Gasteiger partial charge on any atom is -0.289 e. The first kappa shape index (κ1) is 11.9. The molecule has 3 rings (SSSR count). The second-order valence-electron chi connectivity index (χ2n) is 4.05. The molecular formula is C15H8Br2O. The third-order valence-corrected chi connectivity index (χ3v) is 5.19. The van der Waals surface area contributed by atoms with Gasteiger partial charge in [-0.1, -0.05) is 48.5 Å². The molecule has 0 aliphatic rings. The van der Waals surface area contributed by atoms with Gasteiger partial charge in [0.1, 0.15) is 0 Å². The van der Waals surface area contributed by atoms with Crippen molar-refractivity contribution in [1.82, 2.24) is 0 Å². The van der Waals surface area contributed by atoms with Crippen LogP contribution in [0.15, 0.2) is 62.3 Å². The van der Waals surface area contributed by atoms with E-state index in [0.29, 0.717) is 0 Å². The summed E-state index contributed by atoms with van der Waals surface area (Å²) >= 11 is 7.16. The van der Waals surface area contributed by atoms with Crippen LogP contribution in [0.1, 0.15) is 0 Å². The molecule has 3 heteroatoms. The van der Waals surface area contributed by atoms with Crippen LogP contribution < -0.4 is 5.43 Å². The highest BCUT2D eigenvalue weighted by Crippen LogP contribution is 2.33. The highest BCUT2D eigenvalue weighted by molar-refractivity contribution is 9.13. The van der Waals surface area contributed by atoms with Gasteiger partial charge in [-0.25, -0.2) is 0 Å². The van der Waals surface area contributed by atoms with E-state index in [9.17, 15) is 4.79 Å². The Kier molecular flexibility index (Phi) is 2.96. The zero-order chi connectivity index (χ0) is 12.7. The molecule has 3 aromatic carbocycles. The summed E-state index contributed by atoms with van der Waals surface area (Å²) in [5, 5.41) is 3.30. The van der Waals surface area contributed by atoms with Crippen molar-refractivity contribution >= 4 is 53.4 Å². The molecule has 0 N–H and O–H groups in total. The number of rotatable bonds is 0. The van der Waals surface area contributed by atoms with E-state index in [4.69, 9.17) is 0 Å². The van der Waals surface area contributed by atoms with E-state index in [1.54, 1.807) is 0 Å². The molecule has 0 amide bonds. The Morgan fingerprint density at radius 2 is 0.944 bits per heavy atom. The van der Waals surface area contributed by atoms with Gasteiger partial charge < -0.3 is 0 Å². The average Bonchev–Trinajstić information content (AvgIpc) is 2.51. The summed E-state index contributed by atoms with van der Waals surface area (Å²) in [5.41, 5.74) is 0.0626. The summed E-state index contributed by atoms with van der Waals surface area (Å²) in [6.45, 7) is 0. The Labute approximate surface area is 121 Å². The van der Waals surface area contributed by atoms with Crippen LogP contribution in [0, 0.1) is 0 Å². The van der Waals surface area contributed by atoms with Crippen LogP contribution in [0.4, 0.5) is 0 Å². The van der Waals surface area contributed by atoms with Crippen molar-refractivity contribution in [2.75, 3.05) is 0 Å². The fraction of sp³-hybridized carbons (Fsp3) is 0. The topological polar surface area (TPSA) is 17.1 Å². The van der Waals surface area contributed by atoms with Crippen LogP contribution in [-0.2, 0) is 0 Å². The monoisotopic (exact) mass is 362 g/mol. The molecule has 18 heavy (non-hydrogen) atoms. The van der Waals surface area contributed by atoms with E-state index in [2.05, 4.69) is 31.9 Å². The van der Waals surface area contributed by atoms with E-state index >= 15 is 0 Å². The van der Waals surface area contributed by atoms with Crippen LogP contribution in [-0.4, -0.2) is 0 Å². The van der Waals surface area contributed by atoms with E-state index in [1.165, 1.54) is 0 Å². The molecule has 0 aromatic heterocycles. The van der Waals surface area contributed by atoms with Gasteiger partial charge in [0.05, 0.1) is 0 Å². The molecule has 88 valence electrons. The van der Waals surface area contributed by atoms with Gasteiger partial charge in [-0.2, -0.15) is 0 Å². The highest BCUT2D eigenvalue weighted by atomic mass is 79.9. The van der Waals surface area contributed by atoms with Crippen molar-refractivity contribution < 1.29 is 0 Å². The van der Waals surface area contributed by atoms with Gasteiger partial charge in [-0.3, -0.25) is 4.79 Å². The smallest absolute Gasteiger partial charge is 0.194 e. The van der Waals surface area contributed by atoms with Gasteiger partial charge in [-0.05, 0) is 31.9 Å². The summed E-state index contributed by atoms with van der Waals surface area (Å²) in [6, 6.07) is 15.3. The second kappa shape index (κ2) is 4.48. The lowest BCUT2D eigenvalue weighted by Gasteiger charge is -1.96. The Morgan fingerprint density at radius 1 is 0.611 bits per heavy atom. The maximum atomic E-state index is 12.6. The lowest BCUT2D eigenvalue weighted by molar-refractivity contribution is 1.74. The SMILES string of the molecule is O=c1c2ccccc2c(Br)c(Br)c2ccccc12. The van der Waals surface area contributed by atoms with Crippen LogP contribution in [0.3, 0.4) is 0 Å². The van der Waals surface area contributed by atoms with E-state index in [0.717, 1.165) is 30.5 Å². The zero-order valence-corrected chi connectivity index (χ0v) is 12.5. The average molecular weight is 364 g/mol. The largest absolute Gasteiger partial charge is 0.289 e. The van der Waals surface area contributed by atoms with Crippen molar-refractivity contribution in [2.24, 2.45) is 0 Å². The van der Waals surface area contributed by atoms with Crippen molar-refractivity contribution in [3.8, 4) is 0 Å². The van der Waals surface area contributed by atoms with Gasteiger partial charge in [0.2, 0.25) is 0 Å². The van der Waals surface area contributed by atoms with Gasteiger partial charge in [0.15, 0.2) is 5.43 Å². The van der Waals surface area contributed by atoms with Crippen molar-refractivity contribution in [3.05, 3.63) is 67.7 Å². The molecule has 3 aromatic rings. The number of hydrogen-bond acceptors (Lipinski definition) is 1. The summed E-state index contributed by atoms with van der Waals surface area (Å²) in [5.74, 6) is 0. The van der Waals surface area contributed by atoms with E-state index in [-0.39, 0.29) is 5.43 Å². The van der Waals surface area contributed by atoms with Gasteiger partial charge in [0, 0.05) is 30.5 Å². The fourth-order valence-electron chi connectivity index (χ4n) is 2.13. The Bertz CT molecular complexity index is 758. The molecule has 0 heterocycles. The van der Waals surface area contributed by atoms with Crippen LogP contribution >= 0.6 is 31.9 Å². The van der Waals surface area contributed by atoms with Gasteiger partial charge >= 0.3 is 0 Å². The molecule has 0 atom stereocenters. The van der Waals surface area contributed by atoms with Gasteiger partial charge in [0.25, 0.3) is 0 Å². The molecule has 0 radical (unpaired) electrons. The third-order valence-electron chi connectivity index (χ3n) is 3.01. The minimum absolute atomic E-state index is 0.0626. The number of fused-ring (bicyclic) bond motifs is 2. The van der Waals surface area contributed by atoms with Gasteiger partial charge in [-0.15, -0.1) is 0 Å². The molecular weight excluding hydrogens is 356 g/mol. The quantitative estimate of drug-likeness (QED) is 0.556. The molecule has 1 nitrogen and oxygen atoms in total.